The molecule has 16 heavy (non-hydrogen) atoms. The third-order valence-electron chi connectivity index (χ3n) is 2.02. The first-order chi connectivity index (χ1) is 7.74. The second-order valence-corrected chi connectivity index (χ2v) is 2.96. The Balaban J connectivity index is 3.06. The third-order valence-corrected chi connectivity index (χ3v) is 2.02. The number of ether oxygens (including phenoxy) is 4. The number of rotatable bonds is 6. The molecule has 0 heterocycles. The number of carbonyl (C=O) groups excluding carboxylic acids is 1. The van der Waals surface area contributed by atoms with Crippen LogP contribution in [0.4, 0.5) is 0 Å². The predicted molar refractivity (Wildman–Crippen MR) is 56.4 cm³/mol. The molecule has 1 rings (SSSR count). The predicted octanol–water partition coefficient (Wildman–Crippen LogP) is 1.52. The fraction of sp³-hybridized carbons (Fsp3) is 0.364. The fourth-order valence-corrected chi connectivity index (χ4v) is 1.34. The first-order valence-electron chi connectivity index (χ1n) is 4.60. The van der Waals surface area contributed by atoms with Crippen LogP contribution in [0.3, 0.4) is 0 Å². The molecular weight excluding hydrogens is 212 g/mol. The van der Waals surface area contributed by atoms with Gasteiger partial charge in [-0.1, -0.05) is 0 Å². The molecule has 88 valence electrons. The molecular formula is C11H14O5. The minimum absolute atomic E-state index is 0.354. The summed E-state index contributed by atoms with van der Waals surface area (Å²) in [6.07, 6.45) is -0.524. The topological polar surface area (TPSA) is 54.0 Å². The highest BCUT2D eigenvalue weighted by Gasteiger charge is 2.12. The maximum absolute atomic E-state index is 10.3. The van der Waals surface area contributed by atoms with Crippen LogP contribution in [0.25, 0.3) is 0 Å². The van der Waals surface area contributed by atoms with Crippen LogP contribution in [-0.4, -0.2) is 27.8 Å². The molecule has 0 bridgehead atoms. The van der Waals surface area contributed by atoms with E-state index in [1.54, 1.807) is 18.2 Å². The SMILES string of the molecule is COc1cc(OC=O)cc(C(OC)OC)c1. The minimum Gasteiger partial charge on any atom is -0.497 e. The number of methoxy groups -OCH3 is 3. The molecule has 0 spiro atoms. The van der Waals surface area contributed by atoms with Gasteiger partial charge >= 0.3 is 0 Å². The Morgan fingerprint density at radius 1 is 1.06 bits per heavy atom. The molecule has 1 aromatic rings. The van der Waals surface area contributed by atoms with E-state index in [9.17, 15) is 4.79 Å². The van der Waals surface area contributed by atoms with Crippen LogP contribution >= 0.6 is 0 Å². The number of benzene rings is 1. The van der Waals surface area contributed by atoms with Gasteiger partial charge in [0, 0.05) is 25.8 Å². The average Bonchev–Trinajstić information content (AvgIpc) is 2.31. The molecule has 1 aromatic carbocycles. The van der Waals surface area contributed by atoms with Crippen LogP contribution in [0.15, 0.2) is 18.2 Å². The van der Waals surface area contributed by atoms with Gasteiger partial charge in [-0.2, -0.15) is 0 Å². The van der Waals surface area contributed by atoms with Crippen molar-refractivity contribution in [1.82, 2.24) is 0 Å². The zero-order valence-corrected chi connectivity index (χ0v) is 9.43. The van der Waals surface area contributed by atoms with Gasteiger partial charge < -0.3 is 18.9 Å². The summed E-state index contributed by atoms with van der Waals surface area (Å²) in [5.74, 6) is 0.942. The van der Waals surface area contributed by atoms with Crippen molar-refractivity contribution in [3.8, 4) is 11.5 Å². The highest BCUT2D eigenvalue weighted by molar-refractivity contribution is 5.48. The van der Waals surface area contributed by atoms with Crippen LogP contribution in [0.2, 0.25) is 0 Å². The lowest BCUT2D eigenvalue weighted by Gasteiger charge is -2.15. The summed E-state index contributed by atoms with van der Waals surface area (Å²) < 4.78 is 20.0. The lowest BCUT2D eigenvalue weighted by molar-refractivity contribution is -0.120. The Morgan fingerprint density at radius 3 is 2.19 bits per heavy atom. The van der Waals surface area contributed by atoms with Crippen LogP contribution in [-0.2, 0) is 14.3 Å². The first-order valence-corrected chi connectivity index (χ1v) is 4.60. The van der Waals surface area contributed by atoms with E-state index >= 15 is 0 Å². The van der Waals surface area contributed by atoms with Crippen LogP contribution in [0.1, 0.15) is 11.9 Å². The van der Waals surface area contributed by atoms with Crippen molar-refractivity contribution in [3.05, 3.63) is 23.8 Å². The van der Waals surface area contributed by atoms with Gasteiger partial charge in [-0.3, -0.25) is 4.79 Å². The Labute approximate surface area is 93.9 Å². The van der Waals surface area contributed by atoms with Crippen molar-refractivity contribution in [2.45, 2.75) is 6.29 Å². The zero-order valence-electron chi connectivity index (χ0n) is 9.43. The lowest BCUT2D eigenvalue weighted by atomic mass is 10.2. The largest absolute Gasteiger partial charge is 0.497 e. The molecule has 0 aromatic heterocycles. The van der Waals surface area contributed by atoms with E-state index in [4.69, 9.17) is 18.9 Å². The van der Waals surface area contributed by atoms with E-state index in [2.05, 4.69) is 0 Å². The van der Waals surface area contributed by atoms with Gasteiger partial charge in [0.1, 0.15) is 11.5 Å². The van der Waals surface area contributed by atoms with Crippen molar-refractivity contribution < 1.29 is 23.7 Å². The van der Waals surface area contributed by atoms with Gasteiger partial charge in [-0.15, -0.1) is 0 Å². The second-order valence-electron chi connectivity index (χ2n) is 2.96. The van der Waals surface area contributed by atoms with E-state index in [0.29, 0.717) is 23.5 Å². The van der Waals surface area contributed by atoms with E-state index in [1.807, 2.05) is 0 Å². The van der Waals surface area contributed by atoms with Crippen molar-refractivity contribution in [1.29, 1.82) is 0 Å². The molecule has 5 heteroatoms. The summed E-state index contributed by atoms with van der Waals surface area (Å²) in [6.45, 7) is 0.354. The monoisotopic (exact) mass is 226 g/mol. The highest BCUT2D eigenvalue weighted by Crippen LogP contribution is 2.28. The standard InChI is InChI=1S/C11H14O5/c1-13-9-4-8(11(14-2)15-3)5-10(6-9)16-7-12/h4-7,11H,1-3H3. The maximum Gasteiger partial charge on any atom is 0.298 e. The molecule has 0 saturated heterocycles. The summed E-state index contributed by atoms with van der Waals surface area (Å²) in [7, 11) is 4.57. The molecule has 0 unspecified atom stereocenters. The third kappa shape index (κ3) is 2.95. The Morgan fingerprint density at radius 2 is 1.69 bits per heavy atom. The average molecular weight is 226 g/mol. The number of carbonyl (C=O) groups is 1. The van der Waals surface area contributed by atoms with Gasteiger partial charge in [-0.25, -0.2) is 0 Å². The van der Waals surface area contributed by atoms with E-state index in [1.165, 1.54) is 21.3 Å². The molecule has 5 nitrogen and oxygen atoms in total. The van der Waals surface area contributed by atoms with Gasteiger partial charge in [0.25, 0.3) is 6.47 Å². The smallest absolute Gasteiger partial charge is 0.298 e. The Bertz CT molecular complexity index is 346. The number of hydrogen-bond acceptors (Lipinski definition) is 5. The van der Waals surface area contributed by atoms with Crippen molar-refractivity contribution >= 4 is 6.47 Å². The first kappa shape index (κ1) is 12.5. The Hall–Kier alpha value is -1.59. The Kier molecular flexibility index (Phi) is 4.75. The summed E-state index contributed by atoms with van der Waals surface area (Å²) in [5, 5.41) is 0. The molecule has 0 atom stereocenters. The molecule has 0 aliphatic heterocycles. The van der Waals surface area contributed by atoms with E-state index in [-0.39, 0.29) is 0 Å². The molecule has 0 N–H and O–H groups in total. The fourth-order valence-electron chi connectivity index (χ4n) is 1.34. The minimum atomic E-state index is -0.524. The van der Waals surface area contributed by atoms with Crippen molar-refractivity contribution in [2.24, 2.45) is 0 Å². The number of hydrogen-bond donors (Lipinski definition) is 0. The summed E-state index contributed by atoms with van der Waals surface area (Å²) in [4.78, 5) is 10.3. The molecule has 0 amide bonds. The normalized spacial score (nSPS) is 10.2. The van der Waals surface area contributed by atoms with Gasteiger partial charge in [0.15, 0.2) is 6.29 Å². The van der Waals surface area contributed by atoms with Gasteiger partial charge in [-0.05, 0) is 12.1 Å². The quantitative estimate of drug-likeness (QED) is 0.543. The van der Waals surface area contributed by atoms with Crippen molar-refractivity contribution in [3.63, 3.8) is 0 Å². The van der Waals surface area contributed by atoms with Crippen LogP contribution < -0.4 is 9.47 Å². The lowest BCUT2D eigenvalue weighted by Crippen LogP contribution is -2.04. The van der Waals surface area contributed by atoms with E-state index < -0.39 is 6.29 Å². The van der Waals surface area contributed by atoms with Crippen molar-refractivity contribution in [2.75, 3.05) is 21.3 Å². The van der Waals surface area contributed by atoms with E-state index in [0.717, 1.165) is 0 Å². The summed E-state index contributed by atoms with van der Waals surface area (Å²) in [6, 6.07) is 4.99. The highest BCUT2D eigenvalue weighted by atomic mass is 16.7. The second kappa shape index (κ2) is 6.09. The van der Waals surface area contributed by atoms with Gasteiger partial charge in [0.2, 0.25) is 0 Å². The molecule has 0 radical (unpaired) electrons. The van der Waals surface area contributed by atoms with Crippen LogP contribution in [0.5, 0.6) is 11.5 Å². The van der Waals surface area contributed by atoms with Crippen LogP contribution in [0, 0.1) is 0 Å². The summed E-state index contributed by atoms with van der Waals surface area (Å²) in [5.41, 5.74) is 0.709. The zero-order chi connectivity index (χ0) is 12.0. The van der Waals surface area contributed by atoms with Gasteiger partial charge in [0.05, 0.1) is 7.11 Å². The molecule has 0 aliphatic rings. The molecule has 0 saturated carbocycles. The maximum atomic E-state index is 10.3. The molecule has 0 fully saturated rings. The summed E-state index contributed by atoms with van der Waals surface area (Å²) >= 11 is 0. The molecule has 0 aliphatic carbocycles.